The van der Waals surface area contributed by atoms with Gasteiger partial charge in [-0.3, -0.25) is 0 Å². The van der Waals surface area contributed by atoms with Crippen LogP contribution in [0.3, 0.4) is 0 Å². The van der Waals surface area contributed by atoms with Crippen LogP contribution in [-0.2, 0) is 19.5 Å². The monoisotopic (exact) mass is 433 g/mol. The molecule has 0 amide bonds. The fourth-order valence-corrected chi connectivity index (χ4v) is 4.82. The molecule has 0 N–H and O–H groups in total. The van der Waals surface area contributed by atoms with Crippen LogP contribution < -0.4 is 4.57 Å². The minimum Gasteiger partial charge on any atom is -0.235 e. The van der Waals surface area contributed by atoms with Crippen molar-refractivity contribution in [3.63, 3.8) is 0 Å². The number of hydrogen-bond donors (Lipinski definition) is 0. The summed E-state index contributed by atoms with van der Waals surface area (Å²) in [5, 5.41) is 0. The lowest BCUT2D eigenvalue weighted by Crippen LogP contribution is -2.37. The highest BCUT2D eigenvalue weighted by Crippen LogP contribution is 2.13. The quantitative estimate of drug-likeness (QED) is 0.120. The van der Waals surface area contributed by atoms with E-state index in [4.69, 9.17) is 0 Å². The molecule has 0 bridgehead atoms. The number of unbranched alkanes of at least 4 members (excludes halogenated alkanes) is 18. The standard InChI is InChI=1S/C29H57N2/c1-4-7-9-11-13-14-15-16-17-18-19-21-23-25-29-30(6-3)27-28-31(29)26-24-22-20-12-10-8-5-2/h27-28H,4-26H2,1-3H3/q+1. The zero-order valence-corrected chi connectivity index (χ0v) is 21.8. The van der Waals surface area contributed by atoms with Crippen molar-refractivity contribution in [3.8, 4) is 0 Å². The zero-order chi connectivity index (χ0) is 22.4. The predicted octanol–water partition coefficient (Wildman–Crippen LogP) is 9.18. The van der Waals surface area contributed by atoms with E-state index < -0.39 is 0 Å². The van der Waals surface area contributed by atoms with Gasteiger partial charge in [-0.25, -0.2) is 9.13 Å². The fraction of sp³-hybridized carbons (Fsp3) is 0.897. The molecule has 0 saturated heterocycles. The lowest BCUT2D eigenvalue weighted by Gasteiger charge is -2.06. The summed E-state index contributed by atoms with van der Waals surface area (Å²) in [7, 11) is 0. The lowest BCUT2D eigenvalue weighted by molar-refractivity contribution is -0.704. The Hall–Kier alpha value is -0.790. The largest absolute Gasteiger partial charge is 0.256 e. The summed E-state index contributed by atoms with van der Waals surface area (Å²) in [4.78, 5) is 0. The summed E-state index contributed by atoms with van der Waals surface area (Å²) in [5.41, 5.74) is 0. The fourth-order valence-electron chi connectivity index (χ4n) is 4.82. The van der Waals surface area contributed by atoms with Crippen LogP contribution in [0, 0.1) is 0 Å². The predicted molar refractivity (Wildman–Crippen MR) is 138 cm³/mol. The second kappa shape index (κ2) is 21.1. The molecule has 0 aromatic carbocycles. The van der Waals surface area contributed by atoms with Gasteiger partial charge in [-0.05, 0) is 26.2 Å². The first kappa shape index (κ1) is 28.2. The topological polar surface area (TPSA) is 8.81 Å². The highest BCUT2D eigenvalue weighted by Gasteiger charge is 2.15. The van der Waals surface area contributed by atoms with Crippen LogP contribution >= 0.6 is 0 Å². The number of aryl methyl sites for hydroxylation is 2. The Bertz CT molecular complexity index is 491. The van der Waals surface area contributed by atoms with Crippen molar-refractivity contribution in [1.29, 1.82) is 0 Å². The molecule has 0 spiro atoms. The van der Waals surface area contributed by atoms with Gasteiger partial charge in [-0.15, -0.1) is 0 Å². The highest BCUT2D eigenvalue weighted by molar-refractivity contribution is 4.83. The average molecular weight is 434 g/mol. The van der Waals surface area contributed by atoms with E-state index in [1.807, 2.05) is 0 Å². The molecule has 182 valence electrons. The third-order valence-electron chi connectivity index (χ3n) is 6.94. The first-order chi connectivity index (χ1) is 15.3. The Balaban J connectivity index is 2.07. The Morgan fingerprint density at radius 2 is 0.968 bits per heavy atom. The van der Waals surface area contributed by atoms with Crippen molar-refractivity contribution >= 4 is 0 Å². The molecule has 0 aliphatic carbocycles. The van der Waals surface area contributed by atoms with Crippen LogP contribution in [0.1, 0.15) is 155 Å². The van der Waals surface area contributed by atoms with Crippen molar-refractivity contribution in [2.24, 2.45) is 0 Å². The molecule has 31 heavy (non-hydrogen) atoms. The van der Waals surface area contributed by atoms with E-state index in [2.05, 4.69) is 42.3 Å². The summed E-state index contributed by atoms with van der Waals surface area (Å²) in [6.07, 6.45) is 34.4. The summed E-state index contributed by atoms with van der Waals surface area (Å²) in [6.45, 7) is 9.21. The number of nitrogens with zero attached hydrogens (tertiary/aromatic N) is 2. The van der Waals surface area contributed by atoms with Crippen LogP contribution in [0.25, 0.3) is 0 Å². The molecule has 2 nitrogen and oxygen atoms in total. The lowest BCUT2D eigenvalue weighted by atomic mass is 10.0. The molecule has 0 fully saturated rings. The molecule has 0 unspecified atom stereocenters. The second-order valence-electron chi connectivity index (χ2n) is 9.81. The van der Waals surface area contributed by atoms with Crippen LogP contribution in [0.5, 0.6) is 0 Å². The van der Waals surface area contributed by atoms with Crippen molar-refractivity contribution < 1.29 is 4.57 Å². The third kappa shape index (κ3) is 14.8. The minimum absolute atomic E-state index is 1.11. The third-order valence-corrected chi connectivity index (χ3v) is 6.94. The van der Waals surface area contributed by atoms with Gasteiger partial charge in [0.15, 0.2) is 0 Å². The van der Waals surface area contributed by atoms with Crippen molar-refractivity contribution in [1.82, 2.24) is 4.57 Å². The van der Waals surface area contributed by atoms with Crippen molar-refractivity contribution in [2.45, 2.75) is 169 Å². The van der Waals surface area contributed by atoms with Gasteiger partial charge in [0.05, 0.1) is 13.1 Å². The van der Waals surface area contributed by atoms with Crippen LogP contribution in [0.4, 0.5) is 0 Å². The Morgan fingerprint density at radius 3 is 1.42 bits per heavy atom. The SMILES string of the molecule is CCCCCCCCCCCCCCCc1n(CC)cc[n+]1CCCCCCCCC. The van der Waals surface area contributed by atoms with E-state index in [1.54, 1.807) is 5.82 Å². The maximum absolute atomic E-state index is 2.55. The maximum Gasteiger partial charge on any atom is 0.256 e. The van der Waals surface area contributed by atoms with Crippen molar-refractivity contribution in [2.75, 3.05) is 0 Å². The molecular formula is C29H57N2+. The van der Waals surface area contributed by atoms with Crippen LogP contribution in [0.2, 0.25) is 0 Å². The summed E-state index contributed by atoms with van der Waals surface area (Å²) in [5.74, 6) is 1.57. The Labute approximate surface area is 196 Å². The molecule has 0 aliphatic heterocycles. The molecular weight excluding hydrogens is 376 g/mol. The van der Waals surface area contributed by atoms with E-state index in [9.17, 15) is 0 Å². The maximum atomic E-state index is 2.55. The normalized spacial score (nSPS) is 11.5. The molecule has 0 aliphatic rings. The number of imidazole rings is 1. The molecule has 0 radical (unpaired) electrons. The molecule has 1 aromatic heterocycles. The van der Waals surface area contributed by atoms with Crippen LogP contribution in [0.15, 0.2) is 12.4 Å². The van der Waals surface area contributed by atoms with E-state index in [0.717, 1.165) is 6.54 Å². The van der Waals surface area contributed by atoms with Gasteiger partial charge >= 0.3 is 0 Å². The molecule has 2 heteroatoms. The first-order valence-electron chi connectivity index (χ1n) is 14.4. The van der Waals surface area contributed by atoms with Gasteiger partial charge in [0, 0.05) is 6.42 Å². The number of hydrogen-bond acceptors (Lipinski definition) is 0. The molecule has 0 atom stereocenters. The van der Waals surface area contributed by atoms with Gasteiger partial charge in [-0.2, -0.15) is 0 Å². The van der Waals surface area contributed by atoms with Gasteiger partial charge in [-0.1, -0.05) is 123 Å². The summed E-state index contributed by atoms with van der Waals surface area (Å²) < 4.78 is 5.03. The Kier molecular flexibility index (Phi) is 19.2. The van der Waals surface area contributed by atoms with Crippen LogP contribution in [-0.4, -0.2) is 4.57 Å². The van der Waals surface area contributed by atoms with E-state index >= 15 is 0 Å². The van der Waals surface area contributed by atoms with Gasteiger partial charge in [0.25, 0.3) is 5.82 Å². The Morgan fingerprint density at radius 1 is 0.548 bits per heavy atom. The molecule has 0 saturated carbocycles. The number of rotatable bonds is 23. The zero-order valence-electron chi connectivity index (χ0n) is 21.8. The van der Waals surface area contributed by atoms with Gasteiger partial charge in [0.1, 0.15) is 12.4 Å². The minimum atomic E-state index is 1.11. The first-order valence-corrected chi connectivity index (χ1v) is 14.4. The molecule has 1 rings (SSSR count). The summed E-state index contributed by atoms with van der Waals surface area (Å²) >= 11 is 0. The van der Waals surface area contributed by atoms with Crippen molar-refractivity contribution in [3.05, 3.63) is 18.2 Å². The highest BCUT2D eigenvalue weighted by atomic mass is 15.1. The summed E-state index contributed by atoms with van der Waals surface area (Å²) in [6, 6.07) is 0. The van der Waals surface area contributed by atoms with E-state index in [1.165, 1.54) is 141 Å². The molecule has 1 aromatic rings. The van der Waals surface area contributed by atoms with E-state index in [0.29, 0.717) is 0 Å². The number of aromatic nitrogens is 2. The molecule has 1 heterocycles. The van der Waals surface area contributed by atoms with E-state index in [-0.39, 0.29) is 0 Å². The van der Waals surface area contributed by atoms with Gasteiger partial charge in [0.2, 0.25) is 0 Å². The smallest absolute Gasteiger partial charge is 0.235 e. The van der Waals surface area contributed by atoms with Gasteiger partial charge < -0.3 is 0 Å². The second-order valence-corrected chi connectivity index (χ2v) is 9.81. The average Bonchev–Trinajstić information content (AvgIpc) is 3.18.